The standard InChI is InChI=1S/C16H21NO4/c1-16(2,3)21-15(20)17-10-9-12(14(18)19)13(17)11-7-5-4-6-8-11/h4-8,12-13H,9-10H2,1-3H3,(H,18,19). The zero-order valence-corrected chi connectivity index (χ0v) is 12.6. The first kappa shape index (κ1) is 15.4. The summed E-state index contributed by atoms with van der Waals surface area (Å²) in [5.74, 6) is -1.48. The molecule has 0 radical (unpaired) electrons. The van der Waals surface area contributed by atoms with E-state index in [0.717, 1.165) is 5.56 Å². The fourth-order valence-corrected chi connectivity index (χ4v) is 2.64. The number of rotatable bonds is 2. The Labute approximate surface area is 124 Å². The van der Waals surface area contributed by atoms with Gasteiger partial charge in [0.15, 0.2) is 0 Å². The minimum Gasteiger partial charge on any atom is -0.481 e. The predicted octanol–water partition coefficient (Wildman–Crippen LogP) is 3.07. The molecule has 1 saturated heterocycles. The van der Waals surface area contributed by atoms with E-state index in [0.29, 0.717) is 13.0 Å². The van der Waals surface area contributed by atoms with Crippen LogP contribution in [0.1, 0.15) is 38.8 Å². The molecule has 2 atom stereocenters. The Balaban J connectivity index is 2.28. The van der Waals surface area contributed by atoms with Gasteiger partial charge in [-0.25, -0.2) is 4.79 Å². The number of carbonyl (C=O) groups excluding carboxylic acids is 1. The van der Waals surface area contributed by atoms with Crippen LogP contribution in [-0.4, -0.2) is 34.2 Å². The molecule has 1 fully saturated rings. The summed E-state index contributed by atoms with van der Waals surface area (Å²) >= 11 is 0. The number of benzene rings is 1. The molecule has 21 heavy (non-hydrogen) atoms. The molecule has 0 spiro atoms. The molecule has 0 saturated carbocycles. The summed E-state index contributed by atoms with van der Waals surface area (Å²) in [7, 11) is 0. The monoisotopic (exact) mass is 291 g/mol. The number of likely N-dealkylation sites (tertiary alicyclic amines) is 1. The van der Waals surface area contributed by atoms with Crippen LogP contribution in [0.2, 0.25) is 0 Å². The van der Waals surface area contributed by atoms with Crippen molar-refractivity contribution in [3.05, 3.63) is 35.9 Å². The highest BCUT2D eigenvalue weighted by Crippen LogP contribution is 2.38. The van der Waals surface area contributed by atoms with Gasteiger partial charge >= 0.3 is 12.1 Å². The lowest BCUT2D eigenvalue weighted by molar-refractivity contribution is -0.142. The van der Waals surface area contributed by atoms with Gasteiger partial charge in [-0.15, -0.1) is 0 Å². The number of nitrogens with zero attached hydrogens (tertiary/aromatic N) is 1. The molecule has 1 amide bonds. The molecular formula is C16H21NO4. The lowest BCUT2D eigenvalue weighted by atomic mass is 9.94. The topological polar surface area (TPSA) is 66.8 Å². The van der Waals surface area contributed by atoms with Crippen molar-refractivity contribution >= 4 is 12.1 Å². The number of hydrogen-bond acceptors (Lipinski definition) is 3. The van der Waals surface area contributed by atoms with Crippen molar-refractivity contribution in [2.24, 2.45) is 5.92 Å². The van der Waals surface area contributed by atoms with Crippen LogP contribution in [0.15, 0.2) is 30.3 Å². The number of aliphatic carboxylic acids is 1. The summed E-state index contributed by atoms with van der Waals surface area (Å²) < 4.78 is 5.40. The van der Waals surface area contributed by atoms with E-state index >= 15 is 0 Å². The normalized spacial score (nSPS) is 22.1. The Kier molecular flexibility index (Phi) is 4.21. The number of hydrogen-bond donors (Lipinski definition) is 1. The first-order valence-corrected chi connectivity index (χ1v) is 7.07. The van der Waals surface area contributed by atoms with E-state index in [2.05, 4.69) is 0 Å². The summed E-state index contributed by atoms with van der Waals surface area (Å²) in [6.07, 6.45) is -0.0196. The Morgan fingerprint density at radius 2 is 1.86 bits per heavy atom. The highest BCUT2D eigenvalue weighted by molar-refractivity contribution is 5.76. The number of ether oxygens (including phenoxy) is 1. The zero-order valence-electron chi connectivity index (χ0n) is 12.6. The van der Waals surface area contributed by atoms with Crippen LogP contribution in [0, 0.1) is 5.92 Å². The summed E-state index contributed by atoms with van der Waals surface area (Å²) in [6, 6.07) is 8.79. The van der Waals surface area contributed by atoms with E-state index in [-0.39, 0.29) is 0 Å². The second-order valence-corrected chi connectivity index (χ2v) is 6.26. The summed E-state index contributed by atoms with van der Waals surface area (Å²) in [6.45, 7) is 5.79. The van der Waals surface area contributed by atoms with Crippen molar-refractivity contribution < 1.29 is 19.4 Å². The van der Waals surface area contributed by atoms with Crippen molar-refractivity contribution in [1.82, 2.24) is 4.90 Å². The third-order valence-corrected chi connectivity index (χ3v) is 3.48. The number of carboxylic acid groups (broad SMARTS) is 1. The Hall–Kier alpha value is -2.04. The van der Waals surface area contributed by atoms with Crippen LogP contribution in [0.3, 0.4) is 0 Å². The van der Waals surface area contributed by atoms with Crippen LogP contribution in [0.4, 0.5) is 4.79 Å². The molecule has 1 aromatic carbocycles. The van der Waals surface area contributed by atoms with Gasteiger partial charge in [-0.2, -0.15) is 0 Å². The predicted molar refractivity (Wildman–Crippen MR) is 77.9 cm³/mol. The van der Waals surface area contributed by atoms with E-state index in [1.165, 1.54) is 4.90 Å². The second kappa shape index (κ2) is 5.76. The fraction of sp³-hybridized carbons (Fsp3) is 0.500. The van der Waals surface area contributed by atoms with Gasteiger partial charge in [0.2, 0.25) is 0 Å². The maximum atomic E-state index is 12.3. The van der Waals surface area contributed by atoms with Gasteiger partial charge in [0.1, 0.15) is 5.60 Å². The molecule has 1 N–H and O–H groups in total. The second-order valence-electron chi connectivity index (χ2n) is 6.26. The van der Waals surface area contributed by atoms with Crippen LogP contribution in [0.5, 0.6) is 0 Å². The Morgan fingerprint density at radius 3 is 2.38 bits per heavy atom. The van der Waals surface area contributed by atoms with E-state index in [9.17, 15) is 14.7 Å². The van der Waals surface area contributed by atoms with E-state index in [4.69, 9.17) is 4.74 Å². The maximum absolute atomic E-state index is 12.3. The molecule has 2 unspecified atom stereocenters. The Morgan fingerprint density at radius 1 is 1.24 bits per heavy atom. The zero-order chi connectivity index (χ0) is 15.6. The quantitative estimate of drug-likeness (QED) is 0.909. The Bertz CT molecular complexity index is 521. The van der Waals surface area contributed by atoms with Gasteiger partial charge < -0.3 is 14.7 Å². The van der Waals surface area contributed by atoms with Gasteiger partial charge in [0.25, 0.3) is 0 Å². The van der Waals surface area contributed by atoms with Crippen LogP contribution >= 0.6 is 0 Å². The van der Waals surface area contributed by atoms with Crippen molar-refractivity contribution in [2.45, 2.75) is 38.8 Å². The van der Waals surface area contributed by atoms with Crippen molar-refractivity contribution in [3.8, 4) is 0 Å². The highest BCUT2D eigenvalue weighted by Gasteiger charge is 2.43. The summed E-state index contributed by atoms with van der Waals surface area (Å²) in [5, 5.41) is 9.40. The van der Waals surface area contributed by atoms with E-state index < -0.39 is 29.6 Å². The largest absolute Gasteiger partial charge is 0.481 e. The van der Waals surface area contributed by atoms with Gasteiger partial charge in [0, 0.05) is 6.54 Å². The van der Waals surface area contributed by atoms with Crippen molar-refractivity contribution in [2.75, 3.05) is 6.54 Å². The highest BCUT2D eigenvalue weighted by atomic mass is 16.6. The average molecular weight is 291 g/mol. The number of amides is 1. The third kappa shape index (κ3) is 3.54. The van der Waals surface area contributed by atoms with Gasteiger partial charge in [-0.05, 0) is 32.8 Å². The molecule has 1 heterocycles. The van der Waals surface area contributed by atoms with Crippen LogP contribution < -0.4 is 0 Å². The summed E-state index contributed by atoms with van der Waals surface area (Å²) in [4.78, 5) is 25.3. The van der Waals surface area contributed by atoms with Crippen LogP contribution in [0.25, 0.3) is 0 Å². The fourth-order valence-electron chi connectivity index (χ4n) is 2.64. The lowest BCUT2D eigenvalue weighted by Crippen LogP contribution is -2.38. The smallest absolute Gasteiger partial charge is 0.410 e. The van der Waals surface area contributed by atoms with Crippen LogP contribution in [-0.2, 0) is 9.53 Å². The average Bonchev–Trinajstić information content (AvgIpc) is 2.82. The molecule has 114 valence electrons. The molecule has 0 bridgehead atoms. The van der Waals surface area contributed by atoms with Gasteiger partial charge in [0.05, 0.1) is 12.0 Å². The van der Waals surface area contributed by atoms with Crippen molar-refractivity contribution in [1.29, 1.82) is 0 Å². The number of carbonyl (C=O) groups is 2. The molecule has 0 aromatic heterocycles. The molecule has 1 aromatic rings. The van der Waals surface area contributed by atoms with E-state index in [1.54, 1.807) is 20.8 Å². The van der Waals surface area contributed by atoms with Gasteiger partial charge in [-0.3, -0.25) is 4.79 Å². The lowest BCUT2D eigenvalue weighted by Gasteiger charge is -2.30. The van der Waals surface area contributed by atoms with E-state index in [1.807, 2.05) is 30.3 Å². The number of carboxylic acids is 1. The molecular weight excluding hydrogens is 270 g/mol. The first-order chi connectivity index (χ1) is 9.79. The minimum atomic E-state index is -0.880. The molecule has 5 nitrogen and oxygen atoms in total. The molecule has 2 rings (SSSR count). The minimum absolute atomic E-state index is 0.394. The molecule has 0 aliphatic carbocycles. The third-order valence-electron chi connectivity index (χ3n) is 3.48. The van der Waals surface area contributed by atoms with Crippen molar-refractivity contribution in [3.63, 3.8) is 0 Å². The summed E-state index contributed by atoms with van der Waals surface area (Å²) in [5.41, 5.74) is 0.230. The van der Waals surface area contributed by atoms with Gasteiger partial charge in [-0.1, -0.05) is 30.3 Å². The maximum Gasteiger partial charge on any atom is 0.410 e. The SMILES string of the molecule is CC(C)(C)OC(=O)N1CCC(C(=O)O)C1c1ccccc1. The molecule has 5 heteroatoms. The first-order valence-electron chi connectivity index (χ1n) is 7.07. The molecule has 1 aliphatic heterocycles. The molecule has 1 aliphatic rings.